The number of fused-ring (bicyclic) bond motifs is 1. The Labute approximate surface area is 204 Å². The Morgan fingerprint density at radius 3 is 2.46 bits per heavy atom. The number of hydrogen-bond acceptors (Lipinski definition) is 5. The van der Waals surface area contributed by atoms with Gasteiger partial charge in [-0.2, -0.15) is 4.98 Å². The Kier molecular flexibility index (Phi) is 6.06. The fourth-order valence-corrected chi connectivity index (χ4v) is 4.27. The average Bonchev–Trinajstić information content (AvgIpc) is 3.28. The first-order chi connectivity index (χ1) is 17.0. The first-order valence-corrected chi connectivity index (χ1v) is 11.6. The topological polar surface area (TPSA) is 81.1 Å². The van der Waals surface area contributed by atoms with E-state index in [1.807, 2.05) is 99.6 Å². The van der Waals surface area contributed by atoms with E-state index in [1.54, 1.807) is 4.68 Å². The number of nitrogens with one attached hydrogen (secondary N) is 2. The number of allylic oxidation sites excluding steroid dienone is 1. The summed E-state index contributed by atoms with van der Waals surface area (Å²) in [5, 5.41) is 11.2. The number of carbonyl (C=O) groups excluding carboxylic acids is 1. The van der Waals surface area contributed by atoms with E-state index in [2.05, 4.69) is 10.6 Å². The molecule has 1 aliphatic heterocycles. The highest BCUT2D eigenvalue weighted by Gasteiger charge is 2.36. The van der Waals surface area contributed by atoms with Crippen molar-refractivity contribution >= 4 is 17.5 Å². The summed E-state index contributed by atoms with van der Waals surface area (Å²) in [5.41, 5.74) is 4.90. The van der Waals surface area contributed by atoms with Gasteiger partial charge in [-0.1, -0.05) is 66.2 Å². The second-order valence-electron chi connectivity index (χ2n) is 8.43. The minimum absolute atomic E-state index is 0.212. The quantitative estimate of drug-likeness (QED) is 0.389. The lowest BCUT2D eigenvalue weighted by Gasteiger charge is -2.29. The molecule has 3 aromatic carbocycles. The molecule has 0 saturated carbocycles. The second-order valence-corrected chi connectivity index (χ2v) is 8.43. The molecule has 1 atom stereocenters. The molecule has 0 saturated heterocycles. The summed E-state index contributed by atoms with van der Waals surface area (Å²) in [4.78, 5) is 18.4. The van der Waals surface area contributed by atoms with Crippen LogP contribution >= 0.6 is 0 Å². The first kappa shape index (κ1) is 22.4. The normalized spacial score (nSPS) is 14.8. The molecule has 1 aliphatic rings. The van der Waals surface area contributed by atoms with Gasteiger partial charge in [0, 0.05) is 22.5 Å². The van der Waals surface area contributed by atoms with Crippen LogP contribution in [0.3, 0.4) is 0 Å². The molecule has 7 nitrogen and oxygen atoms in total. The summed E-state index contributed by atoms with van der Waals surface area (Å²) >= 11 is 0. The molecule has 0 spiro atoms. The van der Waals surface area contributed by atoms with Crippen LogP contribution in [0.15, 0.2) is 90.1 Å². The van der Waals surface area contributed by atoms with E-state index in [4.69, 9.17) is 14.8 Å². The van der Waals surface area contributed by atoms with E-state index in [9.17, 15) is 4.79 Å². The van der Waals surface area contributed by atoms with Crippen LogP contribution < -0.4 is 15.4 Å². The molecule has 5 rings (SSSR count). The number of nitrogens with zero attached hydrogens (tertiary/aromatic N) is 3. The lowest BCUT2D eigenvalue weighted by Crippen LogP contribution is -2.31. The molecule has 35 heavy (non-hydrogen) atoms. The maximum atomic E-state index is 13.6. The highest BCUT2D eigenvalue weighted by atomic mass is 16.5. The lowest BCUT2D eigenvalue weighted by atomic mass is 9.94. The van der Waals surface area contributed by atoms with Gasteiger partial charge in [-0.15, -0.1) is 5.10 Å². The van der Waals surface area contributed by atoms with Crippen molar-refractivity contribution in [1.82, 2.24) is 14.8 Å². The predicted molar refractivity (Wildman–Crippen MR) is 137 cm³/mol. The summed E-state index contributed by atoms with van der Waals surface area (Å²) < 4.78 is 7.73. The van der Waals surface area contributed by atoms with Crippen LogP contribution in [0.25, 0.3) is 11.4 Å². The van der Waals surface area contributed by atoms with Gasteiger partial charge in [0.2, 0.25) is 5.95 Å². The summed E-state index contributed by atoms with van der Waals surface area (Å²) in [7, 11) is 0. The minimum Gasteiger partial charge on any atom is -0.494 e. The average molecular weight is 466 g/mol. The van der Waals surface area contributed by atoms with E-state index in [-0.39, 0.29) is 5.91 Å². The maximum absolute atomic E-state index is 13.6. The third kappa shape index (κ3) is 4.40. The van der Waals surface area contributed by atoms with Crippen LogP contribution in [0.4, 0.5) is 11.6 Å². The number of hydrogen-bond donors (Lipinski definition) is 2. The van der Waals surface area contributed by atoms with Gasteiger partial charge in [0.25, 0.3) is 5.91 Å². The third-order valence-electron chi connectivity index (χ3n) is 5.95. The smallest absolute Gasteiger partial charge is 0.255 e. The van der Waals surface area contributed by atoms with Crippen LogP contribution in [0, 0.1) is 6.92 Å². The Balaban J connectivity index is 1.63. The van der Waals surface area contributed by atoms with Gasteiger partial charge >= 0.3 is 0 Å². The van der Waals surface area contributed by atoms with Gasteiger partial charge in [-0.25, -0.2) is 4.68 Å². The summed E-state index contributed by atoms with van der Waals surface area (Å²) in [5.74, 6) is 1.66. The maximum Gasteiger partial charge on any atom is 0.255 e. The number of rotatable bonds is 6. The van der Waals surface area contributed by atoms with E-state index >= 15 is 0 Å². The monoisotopic (exact) mass is 465 g/mol. The third-order valence-corrected chi connectivity index (χ3v) is 5.95. The first-order valence-electron chi connectivity index (χ1n) is 11.6. The molecule has 0 fully saturated rings. The van der Waals surface area contributed by atoms with Crippen LogP contribution in [0.1, 0.15) is 31.0 Å². The van der Waals surface area contributed by atoms with Gasteiger partial charge in [0.15, 0.2) is 5.82 Å². The lowest BCUT2D eigenvalue weighted by molar-refractivity contribution is -0.113. The molecule has 1 amide bonds. The van der Waals surface area contributed by atoms with Gasteiger partial charge in [-0.05, 0) is 39.0 Å². The Bertz CT molecular complexity index is 1390. The van der Waals surface area contributed by atoms with E-state index in [1.165, 1.54) is 0 Å². The van der Waals surface area contributed by atoms with E-state index in [0.717, 1.165) is 22.4 Å². The Hall–Kier alpha value is -4.39. The van der Waals surface area contributed by atoms with Crippen molar-refractivity contribution in [2.45, 2.75) is 26.8 Å². The van der Waals surface area contributed by atoms with Crippen molar-refractivity contribution < 1.29 is 9.53 Å². The molecule has 2 heterocycles. The largest absolute Gasteiger partial charge is 0.494 e. The number of aromatic nitrogens is 3. The fourth-order valence-electron chi connectivity index (χ4n) is 4.27. The molecule has 1 unspecified atom stereocenters. The number of aryl methyl sites for hydroxylation is 1. The molecule has 176 valence electrons. The number of anilines is 2. The molecule has 2 N–H and O–H groups in total. The molecular formula is C28H27N5O2. The van der Waals surface area contributed by atoms with E-state index < -0.39 is 6.04 Å². The second kappa shape index (κ2) is 9.46. The molecule has 0 radical (unpaired) electrons. The van der Waals surface area contributed by atoms with E-state index in [0.29, 0.717) is 35.4 Å². The predicted octanol–water partition coefficient (Wildman–Crippen LogP) is 5.58. The highest BCUT2D eigenvalue weighted by molar-refractivity contribution is 6.06. The fraction of sp³-hybridized carbons (Fsp3) is 0.179. The standard InChI is InChI=1S/C28H27N5O2/c1-4-35-23-13-9-8-12-22(23)25-24(27(34)30-21-10-6-5-7-11-21)19(3)29-28-31-26(32-33(25)28)20-16-14-18(2)15-17-20/h5-17,25H,4H2,1-3H3,(H,30,34)(H,29,31,32). The van der Waals surface area contributed by atoms with Crippen molar-refractivity contribution in [3.8, 4) is 17.1 Å². The van der Waals surface area contributed by atoms with Crippen molar-refractivity contribution in [3.63, 3.8) is 0 Å². The molecule has 4 aromatic rings. The van der Waals surface area contributed by atoms with Crippen LogP contribution in [-0.4, -0.2) is 27.3 Å². The Morgan fingerprint density at radius 2 is 1.71 bits per heavy atom. The zero-order valence-corrected chi connectivity index (χ0v) is 19.9. The number of ether oxygens (including phenoxy) is 1. The number of carbonyl (C=O) groups is 1. The van der Waals surface area contributed by atoms with Crippen LogP contribution in [0.5, 0.6) is 5.75 Å². The summed E-state index contributed by atoms with van der Waals surface area (Å²) in [6.07, 6.45) is 0. The van der Waals surface area contributed by atoms with Gasteiger partial charge in [0.05, 0.1) is 12.2 Å². The van der Waals surface area contributed by atoms with Crippen LogP contribution in [0.2, 0.25) is 0 Å². The highest BCUT2D eigenvalue weighted by Crippen LogP contribution is 2.40. The Morgan fingerprint density at radius 1 is 1.00 bits per heavy atom. The van der Waals surface area contributed by atoms with Crippen molar-refractivity contribution in [2.75, 3.05) is 17.2 Å². The molecule has 1 aromatic heterocycles. The van der Waals surface area contributed by atoms with Gasteiger partial charge in [-0.3, -0.25) is 4.79 Å². The molecule has 0 bridgehead atoms. The zero-order valence-electron chi connectivity index (χ0n) is 19.9. The minimum atomic E-state index is -0.524. The molecular weight excluding hydrogens is 438 g/mol. The molecule has 0 aliphatic carbocycles. The van der Waals surface area contributed by atoms with Gasteiger partial charge < -0.3 is 15.4 Å². The van der Waals surface area contributed by atoms with Gasteiger partial charge in [0.1, 0.15) is 11.8 Å². The number of benzene rings is 3. The number of para-hydroxylation sites is 2. The summed E-state index contributed by atoms with van der Waals surface area (Å²) in [6.45, 7) is 6.39. The van der Waals surface area contributed by atoms with Crippen molar-refractivity contribution in [3.05, 3.63) is 101 Å². The van der Waals surface area contributed by atoms with Crippen molar-refractivity contribution in [1.29, 1.82) is 0 Å². The summed E-state index contributed by atoms with van der Waals surface area (Å²) in [6, 6.07) is 24.7. The zero-order chi connectivity index (χ0) is 24.4. The van der Waals surface area contributed by atoms with Crippen molar-refractivity contribution in [2.24, 2.45) is 0 Å². The molecule has 7 heteroatoms. The number of amides is 1. The van der Waals surface area contributed by atoms with Crippen LogP contribution in [-0.2, 0) is 4.79 Å². The SMILES string of the molecule is CCOc1ccccc1C1C(C(=O)Nc2ccccc2)=C(C)Nc2nc(-c3ccc(C)cc3)nn21.